The maximum atomic E-state index is 13.1. The van der Waals surface area contributed by atoms with Crippen LogP contribution in [0.5, 0.6) is 0 Å². The standard InChI is InChI=1S/C13H15ClFN3/c1-3-16-13-17-9(2)7-18(13)8-10-4-5-12(15)11(14)6-10/h4-7H,3,8H2,1-2H3,(H,16,17). The van der Waals surface area contributed by atoms with Gasteiger partial charge in [0.2, 0.25) is 5.95 Å². The van der Waals surface area contributed by atoms with E-state index in [-0.39, 0.29) is 5.02 Å². The summed E-state index contributed by atoms with van der Waals surface area (Å²) < 4.78 is 15.1. The van der Waals surface area contributed by atoms with Gasteiger partial charge in [0, 0.05) is 12.7 Å². The third-order valence-electron chi connectivity index (χ3n) is 2.57. The fourth-order valence-corrected chi connectivity index (χ4v) is 2.00. The summed E-state index contributed by atoms with van der Waals surface area (Å²) in [6.45, 7) is 5.38. The SMILES string of the molecule is CCNc1nc(C)cn1Cc1ccc(F)c(Cl)c1. The van der Waals surface area contributed by atoms with Crippen LogP contribution in [0.15, 0.2) is 24.4 Å². The van der Waals surface area contributed by atoms with E-state index in [9.17, 15) is 4.39 Å². The van der Waals surface area contributed by atoms with Crippen LogP contribution in [-0.4, -0.2) is 16.1 Å². The molecule has 18 heavy (non-hydrogen) atoms. The molecule has 0 aliphatic carbocycles. The maximum Gasteiger partial charge on any atom is 0.203 e. The number of rotatable bonds is 4. The highest BCUT2D eigenvalue weighted by atomic mass is 35.5. The van der Waals surface area contributed by atoms with Crippen molar-refractivity contribution in [2.24, 2.45) is 0 Å². The van der Waals surface area contributed by atoms with Crippen LogP contribution in [0.1, 0.15) is 18.2 Å². The molecule has 0 aliphatic heterocycles. The van der Waals surface area contributed by atoms with E-state index in [4.69, 9.17) is 11.6 Å². The van der Waals surface area contributed by atoms with Gasteiger partial charge in [-0.25, -0.2) is 9.37 Å². The number of imidazole rings is 1. The van der Waals surface area contributed by atoms with Gasteiger partial charge in [0.15, 0.2) is 0 Å². The first kappa shape index (κ1) is 12.9. The summed E-state index contributed by atoms with van der Waals surface area (Å²) in [7, 11) is 0. The maximum absolute atomic E-state index is 13.1. The molecule has 0 saturated heterocycles. The van der Waals surface area contributed by atoms with Crippen molar-refractivity contribution >= 4 is 17.5 Å². The van der Waals surface area contributed by atoms with Gasteiger partial charge in [0.1, 0.15) is 5.82 Å². The molecule has 5 heteroatoms. The summed E-state index contributed by atoms with van der Waals surface area (Å²) in [6, 6.07) is 4.75. The third kappa shape index (κ3) is 2.82. The van der Waals surface area contributed by atoms with E-state index < -0.39 is 5.82 Å². The van der Waals surface area contributed by atoms with Crippen LogP contribution >= 0.6 is 11.6 Å². The Morgan fingerprint density at radius 3 is 2.89 bits per heavy atom. The molecule has 2 rings (SSSR count). The number of anilines is 1. The van der Waals surface area contributed by atoms with Gasteiger partial charge in [-0.2, -0.15) is 0 Å². The van der Waals surface area contributed by atoms with Gasteiger partial charge in [0.25, 0.3) is 0 Å². The number of nitrogens with one attached hydrogen (secondary N) is 1. The number of aryl methyl sites for hydroxylation is 1. The van der Waals surface area contributed by atoms with Crippen molar-refractivity contribution in [3.8, 4) is 0 Å². The van der Waals surface area contributed by atoms with Gasteiger partial charge < -0.3 is 9.88 Å². The summed E-state index contributed by atoms with van der Waals surface area (Å²) in [5.41, 5.74) is 1.89. The summed E-state index contributed by atoms with van der Waals surface area (Å²) in [5, 5.41) is 3.34. The average Bonchev–Trinajstić information content (AvgIpc) is 2.65. The highest BCUT2D eigenvalue weighted by molar-refractivity contribution is 6.30. The van der Waals surface area contributed by atoms with Crippen LogP contribution in [0.25, 0.3) is 0 Å². The molecule has 1 aromatic carbocycles. The molecule has 2 aromatic rings. The second-order valence-corrected chi connectivity index (χ2v) is 4.52. The molecule has 0 atom stereocenters. The van der Waals surface area contributed by atoms with Crippen molar-refractivity contribution in [2.75, 3.05) is 11.9 Å². The monoisotopic (exact) mass is 267 g/mol. The molecule has 3 nitrogen and oxygen atoms in total. The molecule has 1 N–H and O–H groups in total. The van der Waals surface area contributed by atoms with Crippen LogP contribution in [-0.2, 0) is 6.54 Å². The average molecular weight is 268 g/mol. The minimum atomic E-state index is -0.394. The highest BCUT2D eigenvalue weighted by Gasteiger charge is 2.06. The van der Waals surface area contributed by atoms with Gasteiger partial charge >= 0.3 is 0 Å². The number of benzene rings is 1. The van der Waals surface area contributed by atoms with Gasteiger partial charge in [0.05, 0.1) is 17.3 Å². The fraction of sp³-hybridized carbons (Fsp3) is 0.308. The molecule has 0 unspecified atom stereocenters. The largest absolute Gasteiger partial charge is 0.356 e. The van der Waals surface area contributed by atoms with Crippen molar-refractivity contribution in [1.29, 1.82) is 0 Å². The summed E-state index contributed by atoms with van der Waals surface area (Å²) in [5.74, 6) is 0.421. The van der Waals surface area contributed by atoms with Crippen molar-refractivity contribution in [3.05, 3.63) is 46.5 Å². The summed E-state index contributed by atoms with van der Waals surface area (Å²) in [6.07, 6.45) is 1.95. The molecule has 1 heterocycles. The molecule has 0 saturated carbocycles. The number of hydrogen-bond donors (Lipinski definition) is 1. The lowest BCUT2D eigenvalue weighted by Crippen LogP contribution is -2.07. The van der Waals surface area contributed by atoms with E-state index in [0.717, 1.165) is 23.8 Å². The van der Waals surface area contributed by atoms with Gasteiger partial charge in [-0.05, 0) is 31.5 Å². The fourth-order valence-electron chi connectivity index (χ4n) is 1.80. The number of halogens is 2. The van der Waals surface area contributed by atoms with Crippen molar-refractivity contribution in [1.82, 2.24) is 9.55 Å². The third-order valence-corrected chi connectivity index (χ3v) is 2.86. The first-order chi connectivity index (χ1) is 8.60. The predicted molar refractivity (Wildman–Crippen MR) is 71.6 cm³/mol. The molecular weight excluding hydrogens is 253 g/mol. The van der Waals surface area contributed by atoms with Crippen molar-refractivity contribution in [2.45, 2.75) is 20.4 Å². The van der Waals surface area contributed by atoms with Crippen LogP contribution in [0.4, 0.5) is 10.3 Å². The molecule has 96 valence electrons. The van der Waals surface area contributed by atoms with Crippen LogP contribution in [0.2, 0.25) is 5.02 Å². The smallest absolute Gasteiger partial charge is 0.203 e. The minimum Gasteiger partial charge on any atom is -0.356 e. The van der Waals surface area contributed by atoms with E-state index in [1.54, 1.807) is 12.1 Å². The molecule has 0 fully saturated rings. The Bertz CT molecular complexity index is 551. The normalized spacial score (nSPS) is 10.7. The minimum absolute atomic E-state index is 0.148. The summed E-state index contributed by atoms with van der Waals surface area (Å²) >= 11 is 5.77. The predicted octanol–water partition coefficient (Wildman–Crippen LogP) is 3.46. The van der Waals surface area contributed by atoms with Crippen molar-refractivity contribution in [3.63, 3.8) is 0 Å². The lowest BCUT2D eigenvalue weighted by atomic mass is 10.2. The lowest BCUT2D eigenvalue weighted by Gasteiger charge is -2.08. The van der Waals surface area contributed by atoms with Crippen LogP contribution in [0, 0.1) is 12.7 Å². The molecule has 0 amide bonds. The second kappa shape index (κ2) is 5.40. The Hall–Kier alpha value is -1.55. The zero-order valence-corrected chi connectivity index (χ0v) is 11.1. The lowest BCUT2D eigenvalue weighted by molar-refractivity contribution is 0.626. The second-order valence-electron chi connectivity index (χ2n) is 4.11. The van der Waals surface area contributed by atoms with Gasteiger partial charge in [-0.1, -0.05) is 17.7 Å². The van der Waals surface area contributed by atoms with E-state index in [1.165, 1.54) is 6.07 Å². The molecule has 0 aliphatic rings. The summed E-state index contributed by atoms with van der Waals surface area (Å²) in [4.78, 5) is 4.38. The zero-order chi connectivity index (χ0) is 13.1. The Balaban J connectivity index is 2.24. The van der Waals surface area contributed by atoms with Crippen LogP contribution in [0.3, 0.4) is 0 Å². The van der Waals surface area contributed by atoms with Crippen molar-refractivity contribution < 1.29 is 4.39 Å². The Labute approximate surface area is 111 Å². The first-order valence-corrected chi connectivity index (χ1v) is 6.19. The van der Waals surface area contributed by atoms with Gasteiger partial charge in [-0.15, -0.1) is 0 Å². The topological polar surface area (TPSA) is 29.9 Å². The Morgan fingerprint density at radius 1 is 1.44 bits per heavy atom. The molecular formula is C13H15ClFN3. The number of aromatic nitrogens is 2. The first-order valence-electron chi connectivity index (χ1n) is 5.81. The van der Waals surface area contributed by atoms with Gasteiger partial charge in [-0.3, -0.25) is 0 Å². The van der Waals surface area contributed by atoms with E-state index in [1.807, 2.05) is 24.6 Å². The Kier molecular flexibility index (Phi) is 3.87. The molecule has 1 aromatic heterocycles. The van der Waals surface area contributed by atoms with E-state index in [2.05, 4.69) is 10.3 Å². The molecule has 0 spiro atoms. The zero-order valence-electron chi connectivity index (χ0n) is 10.4. The van der Waals surface area contributed by atoms with E-state index in [0.29, 0.717) is 6.54 Å². The van der Waals surface area contributed by atoms with E-state index >= 15 is 0 Å². The highest BCUT2D eigenvalue weighted by Crippen LogP contribution is 2.18. The quantitative estimate of drug-likeness (QED) is 0.919. The molecule has 0 radical (unpaired) electrons. The number of nitrogens with zero attached hydrogens (tertiary/aromatic N) is 2. The number of hydrogen-bond acceptors (Lipinski definition) is 2. The molecule has 0 bridgehead atoms. The van der Waals surface area contributed by atoms with Crippen LogP contribution < -0.4 is 5.32 Å². The Morgan fingerprint density at radius 2 is 2.22 bits per heavy atom.